The Balaban J connectivity index is 1.70. The maximum Gasteiger partial charge on any atom is 0.573 e. The highest BCUT2D eigenvalue weighted by Crippen LogP contribution is 2.26. The Hall–Kier alpha value is -3.52. The fraction of sp³-hybridized carbons (Fsp3) is 0.167. The van der Waals surface area contributed by atoms with Crippen molar-refractivity contribution in [1.82, 2.24) is 10.6 Å². The van der Waals surface area contributed by atoms with Gasteiger partial charge >= 0.3 is 6.36 Å². The zero-order valence-corrected chi connectivity index (χ0v) is 18.0. The van der Waals surface area contributed by atoms with Gasteiger partial charge in [-0.2, -0.15) is 0 Å². The topological polar surface area (TPSA) is 67.4 Å². The van der Waals surface area contributed by atoms with Crippen molar-refractivity contribution < 1.29 is 27.5 Å². The molecule has 1 atom stereocenters. The van der Waals surface area contributed by atoms with Crippen LogP contribution in [0.25, 0.3) is 0 Å². The summed E-state index contributed by atoms with van der Waals surface area (Å²) in [5.41, 5.74) is 1.12. The molecule has 33 heavy (non-hydrogen) atoms. The van der Waals surface area contributed by atoms with Crippen LogP contribution in [-0.2, 0) is 11.3 Å². The van der Waals surface area contributed by atoms with Crippen molar-refractivity contribution in [3.05, 3.63) is 101 Å². The lowest BCUT2D eigenvalue weighted by Crippen LogP contribution is -2.34. The number of carbonyl (C=O) groups excluding carboxylic acids is 2. The maximum atomic E-state index is 12.7. The summed E-state index contributed by atoms with van der Waals surface area (Å²) in [6, 6.07) is 20.2. The van der Waals surface area contributed by atoms with Crippen molar-refractivity contribution in [2.24, 2.45) is 0 Å². The number of alkyl halides is 3. The third-order valence-corrected chi connectivity index (χ3v) is 5.02. The first-order valence-electron chi connectivity index (χ1n) is 9.93. The summed E-state index contributed by atoms with van der Waals surface area (Å²) in [6.45, 7) is -0.176. The number of halogens is 4. The number of hydrogen-bond donors (Lipinski definition) is 2. The highest BCUT2D eigenvalue weighted by Gasteiger charge is 2.32. The van der Waals surface area contributed by atoms with Crippen LogP contribution in [-0.4, -0.2) is 18.2 Å². The predicted molar refractivity (Wildman–Crippen MR) is 118 cm³/mol. The summed E-state index contributed by atoms with van der Waals surface area (Å²) in [4.78, 5) is 25.4. The average molecular weight is 477 g/mol. The fourth-order valence-electron chi connectivity index (χ4n) is 3.14. The van der Waals surface area contributed by atoms with Crippen molar-refractivity contribution >= 4 is 23.4 Å². The summed E-state index contributed by atoms with van der Waals surface area (Å²) in [6.07, 6.45) is -4.98. The van der Waals surface area contributed by atoms with Gasteiger partial charge in [0.05, 0.1) is 23.0 Å². The van der Waals surface area contributed by atoms with Crippen molar-refractivity contribution in [2.45, 2.75) is 25.4 Å². The molecule has 5 nitrogen and oxygen atoms in total. The normalized spacial score (nSPS) is 12.0. The number of amides is 2. The Morgan fingerprint density at radius 3 is 2.24 bits per heavy atom. The number of nitrogens with one attached hydrogen (secondary N) is 2. The lowest BCUT2D eigenvalue weighted by atomic mass is 10.0. The minimum atomic E-state index is -4.85. The lowest BCUT2D eigenvalue weighted by Gasteiger charge is -2.20. The lowest BCUT2D eigenvalue weighted by molar-refractivity contribution is -0.274. The van der Waals surface area contributed by atoms with Crippen LogP contribution in [0.15, 0.2) is 78.9 Å². The molecule has 0 aliphatic rings. The van der Waals surface area contributed by atoms with Crippen molar-refractivity contribution in [3.8, 4) is 5.75 Å². The molecule has 2 N–H and O–H groups in total. The van der Waals surface area contributed by atoms with Gasteiger partial charge in [0, 0.05) is 12.1 Å². The van der Waals surface area contributed by atoms with Gasteiger partial charge in [-0.3, -0.25) is 9.59 Å². The Kier molecular flexibility index (Phi) is 7.95. The van der Waals surface area contributed by atoms with E-state index in [9.17, 15) is 22.8 Å². The number of benzene rings is 3. The Labute approximate surface area is 193 Å². The van der Waals surface area contributed by atoms with Gasteiger partial charge in [-0.05, 0) is 23.8 Å². The predicted octanol–water partition coefficient (Wildman–Crippen LogP) is 5.42. The Morgan fingerprint density at radius 2 is 1.55 bits per heavy atom. The SMILES string of the molecule is O=C(CC(NC(=O)c1ccccc1Cl)c1ccccc1)NCc1ccccc1OC(F)(F)F. The van der Waals surface area contributed by atoms with Crippen LogP contribution in [0.2, 0.25) is 5.02 Å². The van der Waals surface area contributed by atoms with E-state index in [4.69, 9.17) is 11.6 Å². The zero-order valence-electron chi connectivity index (χ0n) is 17.2. The van der Waals surface area contributed by atoms with Gasteiger partial charge in [0.1, 0.15) is 5.75 Å². The highest BCUT2D eigenvalue weighted by atomic mass is 35.5. The number of hydrogen-bond acceptors (Lipinski definition) is 3. The van der Waals surface area contributed by atoms with Crippen molar-refractivity contribution in [3.63, 3.8) is 0 Å². The molecule has 0 aliphatic carbocycles. The first kappa shape index (κ1) is 24.1. The molecule has 2 amide bonds. The number of carbonyl (C=O) groups is 2. The molecule has 3 aromatic carbocycles. The van der Waals surface area contributed by atoms with Crippen LogP contribution in [0.5, 0.6) is 5.75 Å². The van der Waals surface area contributed by atoms with E-state index in [0.717, 1.165) is 0 Å². The Bertz CT molecular complexity index is 1110. The van der Waals surface area contributed by atoms with Gasteiger partial charge in [-0.15, -0.1) is 13.2 Å². The zero-order chi connectivity index (χ0) is 23.8. The summed E-state index contributed by atoms with van der Waals surface area (Å²) >= 11 is 6.10. The van der Waals surface area contributed by atoms with Crippen molar-refractivity contribution in [2.75, 3.05) is 0 Å². The molecule has 0 bridgehead atoms. The van der Waals surface area contributed by atoms with Crippen LogP contribution in [0.3, 0.4) is 0 Å². The van der Waals surface area contributed by atoms with Gasteiger partial charge < -0.3 is 15.4 Å². The molecule has 0 spiro atoms. The maximum absolute atomic E-state index is 12.7. The van der Waals surface area contributed by atoms with E-state index in [1.807, 2.05) is 0 Å². The molecule has 3 aromatic rings. The molecular formula is C24H20ClF3N2O3. The van der Waals surface area contributed by atoms with E-state index >= 15 is 0 Å². The molecule has 0 saturated heterocycles. The van der Waals surface area contributed by atoms with Crippen molar-refractivity contribution in [1.29, 1.82) is 0 Å². The third-order valence-electron chi connectivity index (χ3n) is 4.69. The van der Waals surface area contributed by atoms with E-state index < -0.39 is 30.0 Å². The van der Waals surface area contributed by atoms with Gasteiger partial charge in [-0.1, -0.05) is 72.3 Å². The molecule has 172 valence electrons. The summed E-state index contributed by atoms with van der Waals surface area (Å²) in [7, 11) is 0. The molecule has 1 unspecified atom stereocenters. The molecule has 0 radical (unpaired) electrons. The van der Waals surface area contributed by atoms with Crippen LogP contribution in [0.4, 0.5) is 13.2 Å². The number of para-hydroxylation sites is 1. The molecule has 0 saturated carbocycles. The smallest absolute Gasteiger partial charge is 0.405 e. The van der Waals surface area contributed by atoms with E-state index in [0.29, 0.717) is 5.56 Å². The second kappa shape index (κ2) is 10.9. The van der Waals surface area contributed by atoms with Crippen LogP contribution in [0.1, 0.15) is 33.9 Å². The summed E-state index contributed by atoms with van der Waals surface area (Å²) < 4.78 is 41.8. The Morgan fingerprint density at radius 1 is 0.909 bits per heavy atom. The van der Waals surface area contributed by atoms with Crippen LogP contribution >= 0.6 is 11.6 Å². The second-order valence-corrected chi connectivity index (χ2v) is 7.46. The fourth-order valence-corrected chi connectivity index (χ4v) is 3.37. The molecule has 9 heteroatoms. The van der Waals surface area contributed by atoms with Crippen LogP contribution < -0.4 is 15.4 Å². The van der Waals surface area contributed by atoms with Gasteiger partial charge in [-0.25, -0.2) is 0 Å². The monoisotopic (exact) mass is 476 g/mol. The minimum Gasteiger partial charge on any atom is -0.405 e. The standard InChI is InChI=1S/C24H20ClF3N2O3/c25-19-12-6-5-11-18(19)23(32)30-20(16-8-2-1-3-9-16)14-22(31)29-15-17-10-4-7-13-21(17)33-24(26,27)28/h1-13,20H,14-15H2,(H,29,31)(H,30,32). The molecule has 3 rings (SSSR count). The quantitative estimate of drug-likeness (QED) is 0.456. The van der Waals surface area contributed by atoms with Gasteiger partial charge in [0.2, 0.25) is 5.91 Å². The summed E-state index contributed by atoms with van der Waals surface area (Å²) in [5.74, 6) is -1.31. The van der Waals surface area contributed by atoms with E-state index in [1.165, 1.54) is 18.2 Å². The molecule has 0 aliphatic heterocycles. The first-order valence-corrected chi connectivity index (χ1v) is 10.3. The molecule has 0 heterocycles. The van der Waals surface area contributed by atoms with E-state index in [2.05, 4.69) is 15.4 Å². The minimum absolute atomic E-state index is 0.136. The first-order chi connectivity index (χ1) is 15.7. The molecular weight excluding hydrogens is 457 g/mol. The van der Waals surface area contributed by atoms with Crippen LogP contribution in [0, 0.1) is 0 Å². The van der Waals surface area contributed by atoms with E-state index in [1.54, 1.807) is 60.7 Å². The highest BCUT2D eigenvalue weighted by molar-refractivity contribution is 6.33. The molecule has 0 aromatic heterocycles. The van der Waals surface area contributed by atoms with Gasteiger partial charge in [0.25, 0.3) is 5.91 Å². The number of rotatable bonds is 8. The largest absolute Gasteiger partial charge is 0.573 e. The molecule has 0 fully saturated rings. The average Bonchev–Trinajstić information content (AvgIpc) is 2.78. The number of ether oxygens (including phenoxy) is 1. The second-order valence-electron chi connectivity index (χ2n) is 7.05. The van der Waals surface area contributed by atoms with E-state index in [-0.39, 0.29) is 29.1 Å². The third kappa shape index (κ3) is 7.25. The summed E-state index contributed by atoms with van der Waals surface area (Å²) in [5, 5.41) is 5.66. The van der Waals surface area contributed by atoms with Gasteiger partial charge in [0.15, 0.2) is 0 Å².